The van der Waals surface area contributed by atoms with Gasteiger partial charge in [0.25, 0.3) is 0 Å². The van der Waals surface area contributed by atoms with E-state index in [1.165, 1.54) is 0 Å². The lowest BCUT2D eigenvalue weighted by Gasteiger charge is -2.10. The van der Waals surface area contributed by atoms with Crippen molar-refractivity contribution in [3.8, 4) is 11.5 Å². The van der Waals surface area contributed by atoms with Crippen LogP contribution in [0.25, 0.3) is 0 Å². The van der Waals surface area contributed by atoms with Crippen LogP contribution in [0.5, 0.6) is 11.5 Å². The van der Waals surface area contributed by atoms with E-state index in [0.717, 1.165) is 28.3 Å². The van der Waals surface area contributed by atoms with Crippen molar-refractivity contribution < 1.29 is 19.1 Å². The fourth-order valence-electron chi connectivity index (χ4n) is 2.99. The van der Waals surface area contributed by atoms with Gasteiger partial charge in [0, 0.05) is 25.1 Å². The van der Waals surface area contributed by atoms with Gasteiger partial charge in [-0.1, -0.05) is 32.0 Å². The van der Waals surface area contributed by atoms with E-state index in [9.17, 15) is 9.59 Å². The predicted molar refractivity (Wildman–Crippen MR) is 107 cm³/mol. The molecule has 0 aliphatic carbocycles. The first-order chi connectivity index (χ1) is 13.5. The van der Waals surface area contributed by atoms with Crippen molar-refractivity contribution in [3.05, 3.63) is 53.6 Å². The minimum absolute atomic E-state index is 0.0000819. The van der Waals surface area contributed by atoms with E-state index in [1.807, 2.05) is 56.3 Å². The summed E-state index contributed by atoms with van der Waals surface area (Å²) in [6.07, 6.45) is 1.51. The highest BCUT2D eigenvalue weighted by Gasteiger charge is 2.13. The molecule has 1 aliphatic rings. The summed E-state index contributed by atoms with van der Waals surface area (Å²) in [6.45, 7) is 4.69. The number of carbonyl (C=O) groups excluding carboxylic acids is 2. The second-order valence-electron chi connectivity index (χ2n) is 7.31. The van der Waals surface area contributed by atoms with Gasteiger partial charge >= 0.3 is 0 Å². The number of benzene rings is 2. The number of hydrogen-bond donors (Lipinski definition) is 2. The van der Waals surface area contributed by atoms with Crippen LogP contribution >= 0.6 is 0 Å². The van der Waals surface area contributed by atoms with Gasteiger partial charge in [0.2, 0.25) is 18.6 Å². The van der Waals surface area contributed by atoms with E-state index in [-0.39, 0.29) is 18.6 Å². The summed E-state index contributed by atoms with van der Waals surface area (Å²) in [5.74, 6) is 1.77. The number of aryl methyl sites for hydroxylation is 1. The van der Waals surface area contributed by atoms with Gasteiger partial charge in [-0.15, -0.1) is 0 Å². The Morgan fingerprint density at radius 1 is 1.00 bits per heavy atom. The highest BCUT2D eigenvalue weighted by Crippen LogP contribution is 2.32. The fraction of sp³-hybridized carbons (Fsp3) is 0.364. The molecule has 1 aliphatic heterocycles. The molecular formula is C22H26N2O4. The minimum atomic E-state index is -0.0214. The number of carbonyl (C=O) groups is 2. The summed E-state index contributed by atoms with van der Waals surface area (Å²) < 4.78 is 10.6. The van der Waals surface area contributed by atoms with Crippen molar-refractivity contribution in [2.75, 3.05) is 12.1 Å². The monoisotopic (exact) mass is 382 g/mol. The number of fused-ring (bicyclic) bond motifs is 1. The van der Waals surface area contributed by atoms with Crippen molar-refractivity contribution in [2.45, 2.75) is 39.7 Å². The van der Waals surface area contributed by atoms with Crippen LogP contribution in [0.2, 0.25) is 0 Å². The van der Waals surface area contributed by atoms with E-state index in [4.69, 9.17) is 9.47 Å². The van der Waals surface area contributed by atoms with E-state index < -0.39 is 0 Å². The molecule has 1 heterocycles. The van der Waals surface area contributed by atoms with Crippen molar-refractivity contribution in [1.82, 2.24) is 5.32 Å². The van der Waals surface area contributed by atoms with Gasteiger partial charge in [-0.2, -0.15) is 0 Å². The molecule has 3 rings (SSSR count). The molecule has 2 amide bonds. The molecule has 148 valence electrons. The van der Waals surface area contributed by atoms with Gasteiger partial charge in [0.1, 0.15) is 0 Å². The summed E-state index contributed by atoms with van der Waals surface area (Å²) in [5.41, 5.74) is 2.73. The van der Waals surface area contributed by atoms with Crippen LogP contribution in [0, 0.1) is 5.92 Å². The Morgan fingerprint density at radius 3 is 2.64 bits per heavy atom. The van der Waals surface area contributed by atoms with E-state index in [1.54, 1.807) is 0 Å². The van der Waals surface area contributed by atoms with Gasteiger partial charge in [0.05, 0.1) is 0 Å². The van der Waals surface area contributed by atoms with E-state index >= 15 is 0 Å². The van der Waals surface area contributed by atoms with E-state index in [0.29, 0.717) is 31.7 Å². The summed E-state index contributed by atoms with van der Waals surface area (Å²) in [4.78, 5) is 24.1. The van der Waals surface area contributed by atoms with Crippen LogP contribution in [0.1, 0.15) is 37.8 Å². The molecule has 28 heavy (non-hydrogen) atoms. The molecule has 2 aromatic rings. The third-order valence-electron chi connectivity index (χ3n) is 4.37. The number of anilines is 1. The Kier molecular flexibility index (Phi) is 6.53. The normalized spacial score (nSPS) is 12.1. The highest BCUT2D eigenvalue weighted by molar-refractivity contribution is 5.90. The molecule has 0 saturated heterocycles. The maximum Gasteiger partial charge on any atom is 0.231 e. The zero-order valence-corrected chi connectivity index (χ0v) is 16.3. The Labute approximate surface area is 165 Å². The molecule has 0 bridgehead atoms. The van der Waals surface area contributed by atoms with Gasteiger partial charge in [-0.05, 0) is 47.7 Å². The number of amides is 2. The summed E-state index contributed by atoms with van der Waals surface area (Å²) >= 11 is 0. The molecule has 6 nitrogen and oxygen atoms in total. The van der Waals surface area contributed by atoms with Gasteiger partial charge in [-0.3, -0.25) is 9.59 Å². The molecule has 0 saturated carbocycles. The standard InChI is InChI=1S/C22H26N2O4/c1-15(2)10-22(26)24-18-5-3-4-17(11-18)13-23-21(25)9-7-16-6-8-19-20(12-16)28-14-27-19/h3-6,8,11-12,15H,7,9-10,13-14H2,1-2H3,(H,23,25)(H,24,26). The Bertz CT molecular complexity index is 848. The predicted octanol–water partition coefficient (Wildman–Crippen LogP) is 3.65. The minimum Gasteiger partial charge on any atom is -0.454 e. The third kappa shape index (κ3) is 5.74. The maximum atomic E-state index is 12.2. The van der Waals surface area contributed by atoms with Gasteiger partial charge < -0.3 is 20.1 Å². The van der Waals surface area contributed by atoms with Gasteiger partial charge in [0.15, 0.2) is 11.5 Å². The maximum absolute atomic E-state index is 12.2. The number of ether oxygens (including phenoxy) is 2. The SMILES string of the molecule is CC(C)CC(=O)Nc1cccc(CNC(=O)CCc2ccc3c(c2)OCO3)c1. The molecule has 0 radical (unpaired) electrons. The summed E-state index contributed by atoms with van der Waals surface area (Å²) in [6, 6.07) is 13.3. The lowest BCUT2D eigenvalue weighted by Crippen LogP contribution is -2.23. The first-order valence-electron chi connectivity index (χ1n) is 9.53. The topological polar surface area (TPSA) is 76.7 Å². The molecule has 0 fully saturated rings. The number of hydrogen-bond acceptors (Lipinski definition) is 4. The first kappa shape index (κ1) is 19.7. The van der Waals surface area contributed by atoms with Crippen LogP contribution in [-0.2, 0) is 22.6 Å². The molecule has 0 spiro atoms. The quantitative estimate of drug-likeness (QED) is 0.731. The van der Waals surface area contributed by atoms with Crippen LogP contribution in [-0.4, -0.2) is 18.6 Å². The largest absolute Gasteiger partial charge is 0.454 e. The van der Waals surface area contributed by atoms with Crippen molar-refractivity contribution in [1.29, 1.82) is 0 Å². The smallest absolute Gasteiger partial charge is 0.231 e. The summed E-state index contributed by atoms with van der Waals surface area (Å²) in [7, 11) is 0. The molecule has 2 N–H and O–H groups in total. The van der Waals surface area contributed by atoms with Gasteiger partial charge in [-0.25, -0.2) is 0 Å². The zero-order chi connectivity index (χ0) is 19.9. The van der Waals surface area contributed by atoms with Crippen molar-refractivity contribution in [2.24, 2.45) is 5.92 Å². The third-order valence-corrected chi connectivity index (χ3v) is 4.37. The lowest BCUT2D eigenvalue weighted by atomic mass is 10.1. The molecule has 2 aromatic carbocycles. The van der Waals surface area contributed by atoms with Crippen LogP contribution in [0.4, 0.5) is 5.69 Å². The van der Waals surface area contributed by atoms with Crippen molar-refractivity contribution in [3.63, 3.8) is 0 Å². The zero-order valence-electron chi connectivity index (χ0n) is 16.3. The average Bonchev–Trinajstić information content (AvgIpc) is 3.12. The molecule has 0 unspecified atom stereocenters. The average molecular weight is 382 g/mol. The molecule has 0 aromatic heterocycles. The highest BCUT2D eigenvalue weighted by atomic mass is 16.7. The van der Waals surface area contributed by atoms with Crippen molar-refractivity contribution >= 4 is 17.5 Å². The Hall–Kier alpha value is -3.02. The summed E-state index contributed by atoms with van der Waals surface area (Å²) in [5, 5.41) is 5.82. The van der Waals surface area contributed by atoms with Crippen LogP contribution in [0.3, 0.4) is 0 Å². The Morgan fingerprint density at radius 2 is 1.82 bits per heavy atom. The molecular weight excluding hydrogens is 356 g/mol. The fourth-order valence-corrected chi connectivity index (χ4v) is 2.99. The molecule has 6 heteroatoms. The Balaban J connectivity index is 1.45. The lowest BCUT2D eigenvalue weighted by molar-refractivity contribution is -0.121. The second-order valence-corrected chi connectivity index (χ2v) is 7.31. The van der Waals surface area contributed by atoms with E-state index in [2.05, 4.69) is 10.6 Å². The van der Waals surface area contributed by atoms with Crippen LogP contribution in [0.15, 0.2) is 42.5 Å². The number of rotatable bonds is 8. The first-order valence-corrected chi connectivity index (χ1v) is 9.53. The van der Waals surface area contributed by atoms with Crippen LogP contribution < -0.4 is 20.1 Å². The molecule has 0 atom stereocenters. The number of nitrogens with one attached hydrogen (secondary N) is 2. The second kappa shape index (κ2) is 9.26.